The van der Waals surface area contributed by atoms with Crippen LogP contribution >= 0.6 is 48.0 Å². The van der Waals surface area contributed by atoms with E-state index in [9.17, 15) is 0 Å². The molecule has 1 aliphatic rings. The molecule has 1 aromatic rings. The molecule has 1 nitrogen and oxygen atoms in total. The predicted octanol–water partition coefficient (Wildman–Crippen LogP) is 8.04. The van der Waals surface area contributed by atoms with Gasteiger partial charge in [0.25, 0.3) is 0 Å². The summed E-state index contributed by atoms with van der Waals surface area (Å²) in [6.07, 6.45) is 7.67. The summed E-state index contributed by atoms with van der Waals surface area (Å²) in [5.41, 5.74) is 4.35. The molecular weight excluding hydrogens is 594 g/mol. The second-order valence-electron chi connectivity index (χ2n) is 10.2. The van der Waals surface area contributed by atoms with E-state index < -0.39 is 19.5 Å². The quantitative estimate of drug-likeness (QED) is 0.243. The van der Waals surface area contributed by atoms with Crippen LogP contribution in [0.3, 0.4) is 0 Å². The van der Waals surface area contributed by atoms with Crippen LogP contribution in [0.4, 0.5) is 0 Å². The van der Waals surface area contributed by atoms with Gasteiger partial charge in [0.05, 0.1) is 0 Å². The van der Waals surface area contributed by atoms with Gasteiger partial charge in [0, 0.05) is 0 Å². The first-order valence-corrected chi connectivity index (χ1v) is 10.7. The molecule has 0 fully saturated rings. The summed E-state index contributed by atoms with van der Waals surface area (Å²) in [7, 11) is 0. The van der Waals surface area contributed by atoms with Crippen LogP contribution in [0, 0.1) is 0 Å². The van der Waals surface area contributed by atoms with E-state index in [-0.39, 0.29) is 64.2 Å². The number of hydrogen-bond donors (Lipinski definition) is 0. The van der Waals surface area contributed by atoms with E-state index in [2.05, 4.69) is 92.7 Å². The second kappa shape index (κ2) is 10.1. The van der Waals surface area contributed by atoms with Crippen molar-refractivity contribution in [2.24, 2.45) is 0 Å². The van der Waals surface area contributed by atoms with Crippen molar-refractivity contribution in [2.75, 3.05) is 0 Å². The molecule has 0 amide bonds. The summed E-state index contributed by atoms with van der Waals surface area (Å²) in [5.74, 6) is 1.14. The van der Waals surface area contributed by atoms with Crippen LogP contribution in [0.1, 0.15) is 85.4 Å². The van der Waals surface area contributed by atoms with Crippen LogP contribution < -0.4 is 3.32 Å². The normalized spacial score (nSPS) is 14.2. The van der Waals surface area contributed by atoms with Gasteiger partial charge in [-0.3, -0.25) is 0 Å². The summed E-state index contributed by atoms with van der Waals surface area (Å²) in [4.78, 5) is 0. The van der Waals surface area contributed by atoms with E-state index in [0.29, 0.717) is 0 Å². The molecule has 0 spiro atoms. The van der Waals surface area contributed by atoms with Crippen LogP contribution in [0.2, 0.25) is 0 Å². The monoisotopic (exact) mass is 630 g/mol. The largest absolute Gasteiger partial charge is 0.107 e. The molecule has 27 heavy (non-hydrogen) atoms. The molecule has 2 rings (SSSR count). The molecule has 0 unspecified atom stereocenters. The van der Waals surface area contributed by atoms with Gasteiger partial charge in [0.2, 0.25) is 0 Å². The molecule has 0 bridgehead atoms. The minimum absolute atomic E-state index is 0. The van der Waals surface area contributed by atoms with Crippen LogP contribution in [0.15, 0.2) is 34.2 Å². The molecule has 0 aliphatic heterocycles. The van der Waals surface area contributed by atoms with Crippen molar-refractivity contribution >= 4 is 48.0 Å². The van der Waals surface area contributed by atoms with Crippen molar-refractivity contribution in [3.05, 3.63) is 50.9 Å². The fourth-order valence-electron chi connectivity index (χ4n) is 2.93. The molecule has 0 saturated carbocycles. The summed E-state index contributed by atoms with van der Waals surface area (Å²) >= 11 is -0.578. The molecular formula is C23H36I2OTi. The van der Waals surface area contributed by atoms with Gasteiger partial charge < -0.3 is 0 Å². The zero-order valence-corrected chi connectivity index (χ0v) is 24.5. The van der Waals surface area contributed by atoms with E-state index in [1.807, 2.05) is 0 Å². The Balaban J connectivity index is 0.00000338. The number of halogens is 2. The average Bonchev–Trinajstić information content (AvgIpc) is 2.94. The number of rotatable bonds is 3. The SMILES string of the molecule is CC(C)(C)c1cc(C(C)(C)C)c([O][Ti][C]2=CC=CC2)c(C(C)(C)C)c1.I.I. The van der Waals surface area contributed by atoms with Gasteiger partial charge in [0.15, 0.2) is 0 Å². The molecule has 0 N–H and O–H groups in total. The van der Waals surface area contributed by atoms with Crippen molar-refractivity contribution in [1.29, 1.82) is 0 Å². The Labute approximate surface area is 210 Å². The first-order valence-electron chi connectivity index (χ1n) is 9.28. The number of allylic oxidation sites excluding steroid dienone is 4. The molecule has 0 aromatic heterocycles. The van der Waals surface area contributed by atoms with Gasteiger partial charge in [-0.15, -0.1) is 48.0 Å². The Kier molecular flexibility index (Phi) is 10.4. The average molecular weight is 630 g/mol. The summed E-state index contributed by atoms with van der Waals surface area (Å²) < 4.78 is 8.06. The van der Waals surface area contributed by atoms with Crippen molar-refractivity contribution in [3.63, 3.8) is 0 Å². The van der Waals surface area contributed by atoms with Crippen molar-refractivity contribution in [1.82, 2.24) is 0 Å². The van der Waals surface area contributed by atoms with Crippen LogP contribution in [-0.4, -0.2) is 0 Å². The maximum Gasteiger partial charge on any atom is -0.107 e. The van der Waals surface area contributed by atoms with Gasteiger partial charge in [-0.2, -0.15) is 0 Å². The standard InChI is InChI=1S/C18H30O.C5H5.2HI.Ti/c1-16(2,3)12-10-13(17(4,5)6)15(19)14(11-12)18(7,8)9;1-2-4-5-3-1;;;/h10-11,19H,1-9H3;1-3H,4H2;2*1H;/q;;;;+1/p-1. The summed E-state index contributed by atoms with van der Waals surface area (Å²) in [6, 6.07) is 4.77. The van der Waals surface area contributed by atoms with Gasteiger partial charge in [-0.1, -0.05) is 0 Å². The number of hydrogen-bond acceptors (Lipinski definition) is 1. The Bertz CT molecular complexity index is 664. The molecule has 1 aliphatic carbocycles. The topological polar surface area (TPSA) is 9.23 Å². The van der Waals surface area contributed by atoms with E-state index in [4.69, 9.17) is 3.32 Å². The Morgan fingerprint density at radius 2 is 1.26 bits per heavy atom. The Hall–Kier alpha value is 0.674. The zero-order valence-electron chi connectivity index (χ0n) is 18.3. The molecule has 0 heterocycles. The molecule has 0 saturated heterocycles. The van der Waals surface area contributed by atoms with E-state index in [1.54, 1.807) is 0 Å². The summed E-state index contributed by atoms with van der Waals surface area (Å²) in [5, 5.41) is 0. The second-order valence-corrected chi connectivity index (χ2v) is 11.8. The smallest absolute Gasteiger partial charge is 0.107 e. The van der Waals surface area contributed by atoms with E-state index in [1.165, 1.54) is 20.6 Å². The van der Waals surface area contributed by atoms with Crippen LogP contribution in [0.25, 0.3) is 0 Å². The minimum atomic E-state index is -0.578. The molecule has 152 valence electrons. The first kappa shape index (κ1) is 27.7. The third kappa shape index (κ3) is 7.45. The fourth-order valence-corrected chi connectivity index (χ4v) is 4.20. The van der Waals surface area contributed by atoms with E-state index >= 15 is 0 Å². The van der Waals surface area contributed by atoms with Crippen LogP contribution in [0.5, 0.6) is 5.75 Å². The van der Waals surface area contributed by atoms with Gasteiger partial charge in [-0.05, 0) is 0 Å². The van der Waals surface area contributed by atoms with Gasteiger partial charge >= 0.3 is 165 Å². The fraction of sp³-hybridized carbons (Fsp3) is 0.565. The van der Waals surface area contributed by atoms with Crippen molar-refractivity contribution in [3.8, 4) is 5.75 Å². The maximum atomic E-state index is 6.59. The molecule has 0 atom stereocenters. The minimum Gasteiger partial charge on any atom is -0.107 e. The maximum absolute atomic E-state index is 6.59. The van der Waals surface area contributed by atoms with E-state index in [0.717, 1.165) is 12.2 Å². The first-order chi connectivity index (χ1) is 11.3. The van der Waals surface area contributed by atoms with Crippen LogP contribution in [-0.2, 0) is 35.8 Å². The van der Waals surface area contributed by atoms with Gasteiger partial charge in [0.1, 0.15) is 0 Å². The zero-order chi connectivity index (χ0) is 19.0. The summed E-state index contributed by atoms with van der Waals surface area (Å²) in [6.45, 7) is 20.7. The number of benzene rings is 1. The van der Waals surface area contributed by atoms with Crippen molar-refractivity contribution in [2.45, 2.75) is 85.0 Å². The molecule has 0 radical (unpaired) electrons. The Morgan fingerprint density at radius 3 is 1.59 bits per heavy atom. The third-order valence-electron chi connectivity index (χ3n) is 4.63. The predicted molar refractivity (Wildman–Crippen MR) is 136 cm³/mol. The van der Waals surface area contributed by atoms with Gasteiger partial charge in [-0.25, -0.2) is 0 Å². The molecule has 1 aromatic carbocycles. The molecule has 4 heteroatoms. The third-order valence-corrected chi connectivity index (χ3v) is 6.09. The van der Waals surface area contributed by atoms with Crippen molar-refractivity contribution < 1.29 is 22.9 Å². The Morgan fingerprint density at radius 1 is 0.778 bits per heavy atom.